The quantitative estimate of drug-likeness (QED) is 0.801. The minimum atomic E-state index is -0.672. The summed E-state index contributed by atoms with van der Waals surface area (Å²) < 4.78 is 0. The summed E-state index contributed by atoms with van der Waals surface area (Å²) in [5.74, 6) is -0.0598. The number of nitrogens with one attached hydrogen (secondary N) is 1. The molecule has 0 saturated heterocycles. The van der Waals surface area contributed by atoms with Gasteiger partial charge < -0.3 is 5.32 Å². The molecule has 0 aromatic heterocycles. The zero-order valence-electron chi connectivity index (χ0n) is 14.2. The van der Waals surface area contributed by atoms with Crippen molar-refractivity contribution >= 4 is 29.1 Å². The number of carbonyl (C=O) groups is 1. The molecule has 0 atom stereocenters. The molecule has 1 amide bonds. The van der Waals surface area contributed by atoms with Crippen molar-refractivity contribution in [3.8, 4) is 6.07 Å². The third kappa shape index (κ3) is 4.88. The van der Waals surface area contributed by atoms with Crippen LogP contribution in [-0.4, -0.2) is 28.9 Å². The number of carbonyl (C=O) groups excluding carboxylic acids is 1. The molecule has 2 aliphatic carbocycles. The van der Waals surface area contributed by atoms with Gasteiger partial charge in [0.05, 0.1) is 22.7 Å². The first-order chi connectivity index (χ1) is 12.0. The lowest BCUT2D eigenvalue weighted by atomic mass is 9.83. The fourth-order valence-corrected chi connectivity index (χ4v) is 3.86. The standard InChI is InChI=1S/C19H23Cl2N3O/c20-16-7-4-14(10-17(16)21)11-24(15-5-6-15)12-18(25)23-19(13-22)8-2-1-3-9-19/h4,7,10,15H,1-3,5-6,8-9,11-12H2,(H,23,25). The van der Waals surface area contributed by atoms with Crippen molar-refractivity contribution in [2.24, 2.45) is 0 Å². The fraction of sp³-hybridized carbons (Fsp3) is 0.579. The van der Waals surface area contributed by atoms with Crippen molar-refractivity contribution in [1.29, 1.82) is 5.26 Å². The van der Waals surface area contributed by atoms with Crippen molar-refractivity contribution in [2.75, 3.05) is 6.54 Å². The van der Waals surface area contributed by atoms with Gasteiger partial charge in [0, 0.05) is 12.6 Å². The first-order valence-electron chi connectivity index (χ1n) is 8.92. The van der Waals surface area contributed by atoms with Crippen LogP contribution in [0.4, 0.5) is 0 Å². The lowest BCUT2D eigenvalue weighted by molar-refractivity contribution is -0.124. The Balaban J connectivity index is 1.62. The molecule has 3 rings (SSSR count). The topological polar surface area (TPSA) is 56.1 Å². The van der Waals surface area contributed by atoms with Crippen LogP contribution in [-0.2, 0) is 11.3 Å². The fourth-order valence-electron chi connectivity index (χ4n) is 3.54. The predicted octanol–water partition coefficient (Wildman–Crippen LogP) is 4.30. The maximum Gasteiger partial charge on any atom is 0.235 e. The maximum absolute atomic E-state index is 12.6. The molecule has 0 heterocycles. The zero-order valence-corrected chi connectivity index (χ0v) is 15.7. The van der Waals surface area contributed by atoms with E-state index >= 15 is 0 Å². The highest BCUT2D eigenvalue weighted by atomic mass is 35.5. The number of halogens is 2. The Hall–Kier alpha value is -1.28. The van der Waals surface area contributed by atoms with Gasteiger partial charge in [0.25, 0.3) is 0 Å². The van der Waals surface area contributed by atoms with Gasteiger partial charge in [-0.2, -0.15) is 5.26 Å². The van der Waals surface area contributed by atoms with Crippen LogP contribution in [0.25, 0.3) is 0 Å². The van der Waals surface area contributed by atoms with E-state index in [0.29, 0.717) is 29.2 Å². The number of hydrogen-bond donors (Lipinski definition) is 1. The number of rotatable bonds is 6. The Kier molecular flexibility index (Phi) is 5.89. The van der Waals surface area contributed by atoms with Crippen molar-refractivity contribution in [3.05, 3.63) is 33.8 Å². The van der Waals surface area contributed by atoms with Gasteiger partial charge in [-0.1, -0.05) is 48.5 Å². The van der Waals surface area contributed by atoms with Crippen molar-refractivity contribution in [1.82, 2.24) is 10.2 Å². The first-order valence-corrected chi connectivity index (χ1v) is 9.67. The summed E-state index contributed by atoms with van der Waals surface area (Å²) in [6.45, 7) is 0.975. The molecule has 25 heavy (non-hydrogen) atoms. The van der Waals surface area contributed by atoms with Gasteiger partial charge in [-0.15, -0.1) is 0 Å². The minimum absolute atomic E-state index is 0.0598. The van der Waals surface area contributed by atoms with Gasteiger partial charge in [0.2, 0.25) is 5.91 Å². The highest BCUT2D eigenvalue weighted by Gasteiger charge is 2.35. The van der Waals surface area contributed by atoms with Crippen LogP contribution in [0.5, 0.6) is 0 Å². The van der Waals surface area contributed by atoms with E-state index in [9.17, 15) is 10.1 Å². The zero-order chi connectivity index (χ0) is 17.9. The second-order valence-corrected chi connectivity index (χ2v) is 8.00. The summed E-state index contributed by atoms with van der Waals surface area (Å²) in [6.07, 6.45) is 6.88. The van der Waals surface area contributed by atoms with Crippen LogP contribution in [0, 0.1) is 11.3 Å². The van der Waals surface area contributed by atoms with Crippen molar-refractivity contribution in [2.45, 2.75) is 63.1 Å². The van der Waals surface area contributed by atoms with Gasteiger partial charge in [0.1, 0.15) is 5.54 Å². The second-order valence-electron chi connectivity index (χ2n) is 7.19. The Labute approximate surface area is 159 Å². The van der Waals surface area contributed by atoms with Gasteiger partial charge in [0.15, 0.2) is 0 Å². The van der Waals surface area contributed by atoms with E-state index in [4.69, 9.17) is 23.2 Å². The summed E-state index contributed by atoms with van der Waals surface area (Å²) >= 11 is 12.1. The Morgan fingerprint density at radius 3 is 2.56 bits per heavy atom. The molecule has 1 aromatic carbocycles. The highest BCUT2D eigenvalue weighted by molar-refractivity contribution is 6.42. The maximum atomic E-state index is 12.6. The van der Waals surface area contributed by atoms with E-state index in [-0.39, 0.29) is 5.91 Å². The molecule has 1 aromatic rings. The van der Waals surface area contributed by atoms with E-state index in [0.717, 1.165) is 50.5 Å². The SMILES string of the molecule is N#CC1(NC(=O)CN(Cc2ccc(Cl)c(Cl)c2)C2CC2)CCCCC1. The summed E-state index contributed by atoms with van der Waals surface area (Å²) in [6, 6.07) is 8.37. The molecule has 0 unspecified atom stereocenters. The van der Waals surface area contributed by atoms with E-state index in [1.807, 2.05) is 12.1 Å². The number of hydrogen-bond acceptors (Lipinski definition) is 3. The number of amides is 1. The smallest absolute Gasteiger partial charge is 0.235 e. The average Bonchev–Trinajstić information content (AvgIpc) is 3.43. The van der Waals surface area contributed by atoms with Gasteiger partial charge >= 0.3 is 0 Å². The monoisotopic (exact) mass is 379 g/mol. The lowest BCUT2D eigenvalue weighted by Gasteiger charge is -2.32. The number of benzene rings is 1. The molecule has 1 N–H and O–H groups in total. The summed E-state index contributed by atoms with van der Waals surface area (Å²) in [4.78, 5) is 14.7. The largest absolute Gasteiger partial charge is 0.337 e. The molecule has 0 aliphatic heterocycles. The van der Waals surface area contributed by atoms with Crippen LogP contribution in [0.1, 0.15) is 50.5 Å². The molecule has 0 radical (unpaired) electrons. The summed E-state index contributed by atoms with van der Waals surface area (Å²) in [5.41, 5.74) is 0.371. The van der Waals surface area contributed by atoms with E-state index in [1.54, 1.807) is 6.07 Å². The highest BCUT2D eigenvalue weighted by Crippen LogP contribution is 2.31. The van der Waals surface area contributed by atoms with Crippen molar-refractivity contribution in [3.63, 3.8) is 0 Å². The lowest BCUT2D eigenvalue weighted by Crippen LogP contribution is -2.51. The molecule has 4 nitrogen and oxygen atoms in total. The van der Waals surface area contributed by atoms with E-state index < -0.39 is 5.54 Å². The molecule has 0 bridgehead atoms. The molecule has 2 aliphatic rings. The van der Waals surface area contributed by atoms with Crippen LogP contribution < -0.4 is 5.32 Å². The van der Waals surface area contributed by atoms with Crippen LogP contribution in [0.15, 0.2) is 18.2 Å². The molecule has 2 fully saturated rings. The Morgan fingerprint density at radius 2 is 1.96 bits per heavy atom. The molecular formula is C19H23Cl2N3O. The van der Waals surface area contributed by atoms with Gasteiger partial charge in [-0.3, -0.25) is 9.69 Å². The van der Waals surface area contributed by atoms with E-state index in [2.05, 4.69) is 16.3 Å². The third-order valence-corrected chi connectivity index (χ3v) is 5.82. The average molecular weight is 380 g/mol. The number of nitriles is 1. The molecular weight excluding hydrogens is 357 g/mol. The molecule has 2 saturated carbocycles. The Morgan fingerprint density at radius 1 is 1.24 bits per heavy atom. The van der Waals surface area contributed by atoms with Crippen molar-refractivity contribution < 1.29 is 4.79 Å². The molecule has 0 spiro atoms. The summed E-state index contributed by atoms with van der Waals surface area (Å²) in [5, 5.41) is 13.6. The molecule has 134 valence electrons. The van der Waals surface area contributed by atoms with Gasteiger partial charge in [-0.05, 0) is 43.4 Å². The Bertz CT molecular complexity index is 676. The predicted molar refractivity (Wildman–Crippen MR) is 99.5 cm³/mol. The van der Waals surface area contributed by atoms with E-state index in [1.165, 1.54) is 0 Å². The summed E-state index contributed by atoms with van der Waals surface area (Å²) in [7, 11) is 0. The third-order valence-electron chi connectivity index (χ3n) is 5.08. The van der Waals surface area contributed by atoms with Crippen LogP contribution in [0.3, 0.4) is 0 Å². The second kappa shape index (κ2) is 7.95. The van der Waals surface area contributed by atoms with Crippen LogP contribution >= 0.6 is 23.2 Å². The van der Waals surface area contributed by atoms with Gasteiger partial charge in [-0.25, -0.2) is 0 Å². The minimum Gasteiger partial charge on any atom is -0.337 e. The first kappa shape index (κ1) is 18.5. The normalized spacial score (nSPS) is 19.4. The van der Waals surface area contributed by atoms with Crippen LogP contribution in [0.2, 0.25) is 10.0 Å². The molecule has 6 heteroatoms. The number of nitrogens with zero attached hydrogens (tertiary/aromatic N) is 2.